The molecule has 1 saturated carbocycles. The molecule has 1 aliphatic carbocycles. The van der Waals surface area contributed by atoms with Crippen molar-refractivity contribution in [2.45, 2.75) is 56.2 Å². The number of nitrogens with one attached hydrogen (secondary N) is 1. The molecule has 3 nitrogen and oxygen atoms in total. The van der Waals surface area contributed by atoms with Crippen molar-refractivity contribution in [3.05, 3.63) is 0 Å². The van der Waals surface area contributed by atoms with Crippen molar-refractivity contribution in [2.75, 3.05) is 12.3 Å². The number of rotatable bonds is 4. The van der Waals surface area contributed by atoms with Crippen LogP contribution < -0.4 is 11.1 Å². The zero-order chi connectivity index (χ0) is 12.1. The number of carbonyl (C=O) groups is 1. The highest BCUT2D eigenvalue weighted by molar-refractivity contribution is 8.00. The number of hydrogen-bond donors (Lipinski definition) is 2. The third-order valence-electron chi connectivity index (χ3n) is 4.02. The van der Waals surface area contributed by atoms with Crippen LogP contribution in [0.1, 0.15) is 44.9 Å². The Bertz CT molecular complexity index is 253. The van der Waals surface area contributed by atoms with Crippen molar-refractivity contribution >= 4 is 30.1 Å². The van der Waals surface area contributed by atoms with E-state index in [1.807, 2.05) is 0 Å². The highest BCUT2D eigenvalue weighted by Crippen LogP contribution is 2.28. The predicted octanol–water partition coefficient (Wildman–Crippen LogP) is 2.33. The van der Waals surface area contributed by atoms with E-state index < -0.39 is 0 Å². The van der Waals surface area contributed by atoms with Gasteiger partial charge in [0.2, 0.25) is 5.91 Å². The van der Waals surface area contributed by atoms with Gasteiger partial charge in [0.15, 0.2) is 0 Å². The Hall–Kier alpha value is 0.0700. The van der Waals surface area contributed by atoms with E-state index in [9.17, 15) is 4.79 Å². The molecule has 1 amide bonds. The molecule has 2 atom stereocenters. The van der Waals surface area contributed by atoms with Gasteiger partial charge in [-0.2, -0.15) is 0 Å². The lowest BCUT2D eigenvalue weighted by Gasteiger charge is -2.30. The lowest BCUT2D eigenvalue weighted by atomic mass is 9.84. The molecule has 0 aromatic heterocycles. The maximum atomic E-state index is 12.1. The molecule has 1 heterocycles. The molecule has 0 spiro atoms. The molecule has 5 heteroatoms. The molecule has 2 unspecified atom stereocenters. The topological polar surface area (TPSA) is 55.1 Å². The van der Waals surface area contributed by atoms with Crippen molar-refractivity contribution in [1.82, 2.24) is 5.32 Å². The van der Waals surface area contributed by atoms with E-state index in [2.05, 4.69) is 5.32 Å². The van der Waals surface area contributed by atoms with E-state index in [0.717, 1.165) is 12.2 Å². The quantitative estimate of drug-likeness (QED) is 0.836. The number of hydrogen-bond acceptors (Lipinski definition) is 3. The van der Waals surface area contributed by atoms with Crippen LogP contribution in [0, 0.1) is 5.92 Å². The summed E-state index contributed by atoms with van der Waals surface area (Å²) in [7, 11) is 0. The Labute approximate surface area is 120 Å². The van der Waals surface area contributed by atoms with E-state index >= 15 is 0 Å². The number of halogens is 1. The zero-order valence-corrected chi connectivity index (χ0v) is 12.5. The molecule has 0 aromatic carbocycles. The predicted molar refractivity (Wildman–Crippen MR) is 80.3 cm³/mol. The van der Waals surface area contributed by atoms with Gasteiger partial charge in [-0.15, -0.1) is 24.2 Å². The summed E-state index contributed by atoms with van der Waals surface area (Å²) in [6.45, 7) is 0.591. The van der Waals surface area contributed by atoms with Gasteiger partial charge < -0.3 is 11.1 Å². The molecule has 3 N–H and O–H groups in total. The molecule has 2 fully saturated rings. The second-order valence-corrected chi connectivity index (χ2v) is 6.56. The summed E-state index contributed by atoms with van der Waals surface area (Å²) < 4.78 is 0. The van der Waals surface area contributed by atoms with Crippen molar-refractivity contribution < 1.29 is 4.79 Å². The third kappa shape index (κ3) is 4.32. The lowest BCUT2D eigenvalue weighted by molar-refractivity contribution is -0.121. The van der Waals surface area contributed by atoms with Gasteiger partial charge in [-0.05, 0) is 37.4 Å². The van der Waals surface area contributed by atoms with Gasteiger partial charge in [-0.1, -0.05) is 19.3 Å². The second kappa shape index (κ2) is 8.28. The fourth-order valence-electron chi connectivity index (χ4n) is 2.97. The molecule has 0 radical (unpaired) electrons. The van der Waals surface area contributed by atoms with Gasteiger partial charge in [-0.3, -0.25) is 4.79 Å². The van der Waals surface area contributed by atoms with Gasteiger partial charge in [0.05, 0.1) is 5.25 Å². The Kier molecular flexibility index (Phi) is 7.42. The number of amides is 1. The summed E-state index contributed by atoms with van der Waals surface area (Å²) in [4.78, 5) is 12.1. The zero-order valence-electron chi connectivity index (χ0n) is 10.9. The minimum absolute atomic E-state index is 0. The van der Waals surface area contributed by atoms with Gasteiger partial charge in [0.1, 0.15) is 0 Å². The van der Waals surface area contributed by atoms with Gasteiger partial charge in [0, 0.05) is 12.6 Å². The molecule has 2 aliphatic rings. The maximum absolute atomic E-state index is 12.1. The van der Waals surface area contributed by atoms with Crippen LogP contribution in [0.25, 0.3) is 0 Å². The first-order valence-electron chi connectivity index (χ1n) is 6.93. The molecule has 0 aromatic rings. The monoisotopic (exact) mass is 292 g/mol. The molecule has 18 heavy (non-hydrogen) atoms. The van der Waals surface area contributed by atoms with Crippen LogP contribution in [0.2, 0.25) is 0 Å². The molecule has 2 rings (SSSR count). The first-order chi connectivity index (χ1) is 8.31. The molecule has 1 aliphatic heterocycles. The van der Waals surface area contributed by atoms with E-state index in [1.54, 1.807) is 11.8 Å². The average molecular weight is 293 g/mol. The highest BCUT2D eigenvalue weighted by atomic mass is 35.5. The first-order valence-corrected chi connectivity index (χ1v) is 7.98. The SMILES string of the molecule is Cl.NCC(NC(=O)C1CCCS1)C1CCCCC1. The van der Waals surface area contributed by atoms with Crippen molar-refractivity contribution in [2.24, 2.45) is 11.7 Å². The summed E-state index contributed by atoms with van der Waals surface area (Å²) in [6, 6.07) is 0.212. The Morgan fingerprint density at radius 2 is 1.94 bits per heavy atom. The largest absolute Gasteiger partial charge is 0.351 e. The van der Waals surface area contributed by atoms with Crippen LogP contribution in [0.3, 0.4) is 0 Å². The van der Waals surface area contributed by atoms with Crippen molar-refractivity contribution in [3.63, 3.8) is 0 Å². The third-order valence-corrected chi connectivity index (χ3v) is 5.40. The van der Waals surface area contributed by atoms with E-state index in [1.165, 1.54) is 38.5 Å². The van der Waals surface area contributed by atoms with E-state index in [-0.39, 0.29) is 29.6 Å². The maximum Gasteiger partial charge on any atom is 0.233 e. The van der Waals surface area contributed by atoms with Gasteiger partial charge in [0.25, 0.3) is 0 Å². The summed E-state index contributed by atoms with van der Waals surface area (Å²) in [5.41, 5.74) is 5.83. The molecular weight excluding hydrogens is 268 g/mol. The summed E-state index contributed by atoms with van der Waals surface area (Å²) >= 11 is 1.80. The fraction of sp³-hybridized carbons (Fsp3) is 0.923. The standard InChI is InChI=1S/C13H24N2OS.ClH/c14-9-11(10-5-2-1-3-6-10)15-13(16)12-7-4-8-17-12;/h10-12H,1-9,14H2,(H,15,16);1H. The van der Waals surface area contributed by atoms with Gasteiger partial charge in [-0.25, -0.2) is 0 Å². The minimum Gasteiger partial charge on any atom is -0.351 e. The second-order valence-electron chi connectivity index (χ2n) is 5.25. The van der Waals surface area contributed by atoms with Crippen LogP contribution in [0.15, 0.2) is 0 Å². The first kappa shape index (κ1) is 16.1. The van der Waals surface area contributed by atoms with Crippen LogP contribution in [0.5, 0.6) is 0 Å². The Balaban J connectivity index is 0.00000162. The summed E-state index contributed by atoms with van der Waals surface area (Å²) in [5.74, 6) is 1.98. The molecule has 1 saturated heterocycles. The van der Waals surface area contributed by atoms with Crippen LogP contribution in [-0.2, 0) is 4.79 Å². The van der Waals surface area contributed by atoms with Gasteiger partial charge >= 0.3 is 0 Å². The summed E-state index contributed by atoms with van der Waals surface area (Å²) in [5, 5.41) is 3.38. The van der Waals surface area contributed by atoms with Crippen molar-refractivity contribution in [1.29, 1.82) is 0 Å². The average Bonchev–Trinajstić information content (AvgIpc) is 2.90. The van der Waals surface area contributed by atoms with Crippen LogP contribution in [0.4, 0.5) is 0 Å². The number of thioether (sulfide) groups is 1. The number of carbonyl (C=O) groups excluding carboxylic acids is 1. The van der Waals surface area contributed by atoms with Crippen molar-refractivity contribution in [3.8, 4) is 0 Å². The normalized spacial score (nSPS) is 26.4. The fourth-order valence-corrected chi connectivity index (χ4v) is 4.14. The summed E-state index contributed by atoms with van der Waals surface area (Å²) in [6.07, 6.45) is 8.64. The van der Waals surface area contributed by atoms with E-state index in [4.69, 9.17) is 5.73 Å². The molecule has 106 valence electrons. The lowest BCUT2D eigenvalue weighted by Crippen LogP contribution is -2.48. The Morgan fingerprint density at radius 3 is 2.50 bits per heavy atom. The minimum atomic E-state index is 0. The van der Waals surface area contributed by atoms with Crippen LogP contribution >= 0.6 is 24.2 Å². The van der Waals surface area contributed by atoms with E-state index in [0.29, 0.717) is 12.5 Å². The Morgan fingerprint density at radius 1 is 1.22 bits per heavy atom. The smallest absolute Gasteiger partial charge is 0.233 e. The number of nitrogens with two attached hydrogens (primary N) is 1. The van der Waals surface area contributed by atoms with Crippen LogP contribution in [-0.4, -0.2) is 29.5 Å². The highest BCUT2D eigenvalue weighted by Gasteiger charge is 2.28. The molecular formula is C13H25ClN2OS. The molecule has 0 bridgehead atoms.